The number of nitriles is 1. The second kappa shape index (κ2) is 6.70. The number of hydrogen-bond donors (Lipinski definition) is 1. The molecule has 1 fully saturated rings. The Hall–Kier alpha value is -1.21. The van der Waals surface area contributed by atoms with Crippen molar-refractivity contribution in [3.8, 4) is 6.07 Å². The molecule has 1 N–H and O–H groups in total. The number of nitrogens with one attached hydrogen (secondary N) is 1. The molecule has 3 nitrogen and oxygen atoms in total. The first-order valence-electron chi connectivity index (χ1n) is 8.04. The first kappa shape index (κ1) is 14.7. The molecule has 0 bridgehead atoms. The van der Waals surface area contributed by atoms with Crippen molar-refractivity contribution in [1.29, 1.82) is 5.26 Å². The maximum atomic E-state index is 9.44. The first-order chi connectivity index (χ1) is 10.3. The van der Waals surface area contributed by atoms with Crippen LogP contribution in [0.1, 0.15) is 55.3 Å². The van der Waals surface area contributed by atoms with E-state index in [0.29, 0.717) is 11.3 Å². The maximum Gasteiger partial charge on any atom is 0.144 e. The second-order valence-electron chi connectivity index (χ2n) is 6.12. The van der Waals surface area contributed by atoms with Crippen LogP contribution in [0.5, 0.6) is 0 Å². The summed E-state index contributed by atoms with van der Waals surface area (Å²) in [5, 5.41) is 13.7. The quantitative estimate of drug-likeness (QED) is 0.919. The van der Waals surface area contributed by atoms with Crippen molar-refractivity contribution in [1.82, 2.24) is 4.98 Å². The Labute approximate surface area is 131 Å². The van der Waals surface area contributed by atoms with Gasteiger partial charge in [-0.05, 0) is 56.4 Å². The zero-order valence-corrected chi connectivity index (χ0v) is 13.5. The summed E-state index contributed by atoms with van der Waals surface area (Å²) in [6.07, 6.45) is 11.8. The van der Waals surface area contributed by atoms with E-state index in [0.717, 1.165) is 24.2 Å². The van der Waals surface area contributed by atoms with Crippen LogP contribution in [0, 0.1) is 11.3 Å². The van der Waals surface area contributed by atoms with Gasteiger partial charge >= 0.3 is 0 Å². The molecular formula is C17H23N3S. The highest BCUT2D eigenvalue weighted by Gasteiger charge is 2.26. The molecule has 0 radical (unpaired) electrons. The molecule has 4 heteroatoms. The number of pyridine rings is 1. The van der Waals surface area contributed by atoms with Crippen LogP contribution < -0.4 is 5.32 Å². The molecule has 0 saturated heterocycles. The van der Waals surface area contributed by atoms with Gasteiger partial charge in [0, 0.05) is 17.0 Å². The number of aromatic nitrogens is 1. The van der Waals surface area contributed by atoms with Crippen molar-refractivity contribution in [3.63, 3.8) is 0 Å². The number of aryl methyl sites for hydroxylation is 2. The zero-order valence-electron chi connectivity index (χ0n) is 12.7. The summed E-state index contributed by atoms with van der Waals surface area (Å²) >= 11 is 1.94. The molecule has 1 heterocycles. The standard InChI is InChI=1S/C17H23N3S/c1-21-16-9-5-4-8-15(16)20-17-13(11-18)10-12-6-2-3-7-14(12)19-17/h10,15-16H,2-9H2,1H3,(H,19,20). The van der Waals surface area contributed by atoms with Gasteiger partial charge in [-0.2, -0.15) is 17.0 Å². The molecule has 21 heavy (non-hydrogen) atoms. The summed E-state index contributed by atoms with van der Waals surface area (Å²) in [7, 11) is 0. The molecule has 2 aliphatic rings. The minimum atomic E-state index is 0.454. The maximum absolute atomic E-state index is 9.44. The van der Waals surface area contributed by atoms with Crippen LogP contribution in [0.25, 0.3) is 0 Å². The van der Waals surface area contributed by atoms with Gasteiger partial charge < -0.3 is 5.32 Å². The normalized spacial score (nSPS) is 25.0. The largest absolute Gasteiger partial charge is 0.365 e. The molecule has 0 aromatic carbocycles. The van der Waals surface area contributed by atoms with Crippen LogP contribution in [-0.4, -0.2) is 22.5 Å². The van der Waals surface area contributed by atoms with Crippen molar-refractivity contribution in [2.45, 2.75) is 62.7 Å². The van der Waals surface area contributed by atoms with Gasteiger partial charge in [-0.1, -0.05) is 12.8 Å². The number of thioether (sulfide) groups is 1. The van der Waals surface area contributed by atoms with E-state index in [4.69, 9.17) is 4.98 Å². The Balaban J connectivity index is 1.85. The summed E-state index contributed by atoms with van der Waals surface area (Å²) in [6, 6.07) is 4.86. The summed E-state index contributed by atoms with van der Waals surface area (Å²) < 4.78 is 0. The van der Waals surface area contributed by atoms with Crippen LogP contribution in [0.4, 0.5) is 5.82 Å². The summed E-state index contributed by atoms with van der Waals surface area (Å²) in [4.78, 5) is 4.80. The Morgan fingerprint density at radius 3 is 2.86 bits per heavy atom. The molecule has 2 atom stereocenters. The van der Waals surface area contributed by atoms with Crippen molar-refractivity contribution in [2.75, 3.05) is 11.6 Å². The Morgan fingerprint density at radius 2 is 2.05 bits per heavy atom. The molecule has 2 unspecified atom stereocenters. The third-order valence-electron chi connectivity index (χ3n) is 4.75. The molecule has 1 aromatic rings. The fraction of sp³-hybridized carbons (Fsp3) is 0.647. The van der Waals surface area contributed by atoms with Gasteiger partial charge in [0.25, 0.3) is 0 Å². The van der Waals surface area contributed by atoms with Crippen molar-refractivity contribution < 1.29 is 0 Å². The lowest BCUT2D eigenvalue weighted by Crippen LogP contribution is -2.35. The van der Waals surface area contributed by atoms with Gasteiger partial charge in [-0.3, -0.25) is 0 Å². The molecule has 2 aliphatic carbocycles. The van der Waals surface area contributed by atoms with E-state index in [1.54, 1.807) is 0 Å². The van der Waals surface area contributed by atoms with E-state index < -0.39 is 0 Å². The molecule has 1 saturated carbocycles. The number of hydrogen-bond acceptors (Lipinski definition) is 4. The van der Waals surface area contributed by atoms with E-state index in [1.807, 2.05) is 11.8 Å². The molecule has 112 valence electrons. The van der Waals surface area contributed by atoms with E-state index in [-0.39, 0.29) is 0 Å². The average molecular weight is 301 g/mol. The first-order valence-corrected chi connectivity index (χ1v) is 9.33. The third kappa shape index (κ3) is 3.18. The van der Waals surface area contributed by atoms with Gasteiger partial charge in [0.05, 0.1) is 5.56 Å². The van der Waals surface area contributed by atoms with Crippen LogP contribution in [0.2, 0.25) is 0 Å². The number of rotatable bonds is 3. The van der Waals surface area contributed by atoms with Crippen molar-refractivity contribution in [3.05, 3.63) is 22.9 Å². The van der Waals surface area contributed by atoms with Gasteiger partial charge in [-0.25, -0.2) is 4.98 Å². The summed E-state index contributed by atoms with van der Waals surface area (Å²) in [6.45, 7) is 0. The molecule has 0 spiro atoms. The van der Waals surface area contributed by atoms with Crippen LogP contribution in [-0.2, 0) is 12.8 Å². The minimum Gasteiger partial charge on any atom is -0.365 e. The highest BCUT2D eigenvalue weighted by Crippen LogP contribution is 2.31. The van der Waals surface area contributed by atoms with Crippen molar-refractivity contribution >= 4 is 17.6 Å². The molecule has 3 rings (SSSR count). The molecule has 1 aromatic heterocycles. The fourth-order valence-electron chi connectivity index (χ4n) is 3.55. The average Bonchev–Trinajstić information content (AvgIpc) is 2.54. The summed E-state index contributed by atoms with van der Waals surface area (Å²) in [5.41, 5.74) is 3.22. The predicted molar refractivity (Wildman–Crippen MR) is 88.8 cm³/mol. The third-order valence-corrected chi connectivity index (χ3v) is 5.92. The van der Waals surface area contributed by atoms with Gasteiger partial charge in [-0.15, -0.1) is 0 Å². The Kier molecular flexibility index (Phi) is 4.70. The Bertz CT molecular complexity index is 550. The lowest BCUT2D eigenvalue weighted by molar-refractivity contribution is 0.474. The lowest BCUT2D eigenvalue weighted by Gasteiger charge is -2.32. The van der Waals surface area contributed by atoms with Crippen molar-refractivity contribution in [2.24, 2.45) is 0 Å². The minimum absolute atomic E-state index is 0.454. The summed E-state index contributed by atoms with van der Waals surface area (Å²) in [5.74, 6) is 0.823. The lowest BCUT2D eigenvalue weighted by atomic mass is 9.93. The molecule has 0 aliphatic heterocycles. The van der Waals surface area contributed by atoms with E-state index in [1.165, 1.54) is 49.8 Å². The highest BCUT2D eigenvalue weighted by atomic mass is 32.2. The fourth-order valence-corrected chi connectivity index (χ4v) is 4.48. The van der Waals surface area contributed by atoms with Crippen LogP contribution >= 0.6 is 11.8 Å². The smallest absolute Gasteiger partial charge is 0.144 e. The van der Waals surface area contributed by atoms with Gasteiger partial charge in [0.15, 0.2) is 0 Å². The number of fused-ring (bicyclic) bond motifs is 1. The molecule has 0 amide bonds. The van der Waals surface area contributed by atoms with Crippen LogP contribution in [0.15, 0.2) is 6.07 Å². The van der Waals surface area contributed by atoms with E-state index in [2.05, 4.69) is 23.7 Å². The van der Waals surface area contributed by atoms with Gasteiger partial charge in [0.1, 0.15) is 11.9 Å². The monoisotopic (exact) mass is 301 g/mol. The highest BCUT2D eigenvalue weighted by molar-refractivity contribution is 7.99. The molecular weight excluding hydrogens is 278 g/mol. The van der Waals surface area contributed by atoms with Gasteiger partial charge in [0.2, 0.25) is 0 Å². The topological polar surface area (TPSA) is 48.7 Å². The van der Waals surface area contributed by atoms with E-state index in [9.17, 15) is 5.26 Å². The van der Waals surface area contributed by atoms with E-state index >= 15 is 0 Å². The number of anilines is 1. The SMILES string of the molecule is CSC1CCCCC1Nc1nc2c(cc1C#N)CCCC2. The Morgan fingerprint density at radius 1 is 1.24 bits per heavy atom. The predicted octanol–water partition coefficient (Wildman–Crippen LogP) is 3.92. The second-order valence-corrected chi connectivity index (χ2v) is 7.20. The zero-order chi connectivity index (χ0) is 14.7. The van der Waals surface area contributed by atoms with Crippen LogP contribution in [0.3, 0.4) is 0 Å². The number of nitrogens with zero attached hydrogens (tertiary/aromatic N) is 2.